The molecule has 4 nitrogen and oxygen atoms in total. The quantitative estimate of drug-likeness (QED) is 0.812. The Kier molecular flexibility index (Phi) is 3.49. The molecule has 0 aliphatic heterocycles. The SMILES string of the molecule is O=C(NCCn1cccc1)c1cccc(F)n1. The van der Waals surface area contributed by atoms with Gasteiger partial charge in [0.05, 0.1) is 0 Å². The van der Waals surface area contributed by atoms with Gasteiger partial charge in [-0.1, -0.05) is 6.07 Å². The van der Waals surface area contributed by atoms with Crippen molar-refractivity contribution in [2.24, 2.45) is 0 Å². The molecule has 5 heteroatoms. The molecule has 2 rings (SSSR count). The molecule has 0 aliphatic rings. The van der Waals surface area contributed by atoms with E-state index in [0.29, 0.717) is 13.1 Å². The van der Waals surface area contributed by atoms with Crippen LogP contribution >= 0.6 is 0 Å². The first-order valence-electron chi connectivity index (χ1n) is 5.27. The van der Waals surface area contributed by atoms with Gasteiger partial charge in [0.25, 0.3) is 5.91 Å². The molecule has 0 aromatic carbocycles. The Morgan fingerprint density at radius 2 is 2.06 bits per heavy atom. The summed E-state index contributed by atoms with van der Waals surface area (Å²) in [5.41, 5.74) is 0.0949. The van der Waals surface area contributed by atoms with Gasteiger partial charge in [0, 0.05) is 25.5 Å². The van der Waals surface area contributed by atoms with Crippen molar-refractivity contribution < 1.29 is 9.18 Å². The summed E-state index contributed by atoms with van der Waals surface area (Å²) in [6, 6.07) is 7.97. The summed E-state index contributed by atoms with van der Waals surface area (Å²) < 4.78 is 14.7. The number of hydrogen-bond acceptors (Lipinski definition) is 2. The highest BCUT2D eigenvalue weighted by Gasteiger charge is 2.06. The van der Waals surface area contributed by atoms with E-state index >= 15 is 0 Å². The fraction of sp³-hybridized carbons (Fsp3) is 0.167. The highest BCUT2D eigenvalue weighted by molar-refractivity contribution is 5.92. The zero-order valence-electron chi connectivity index (χ0n) is 9.14. The molecule has 2 aromatic heterocycles. The van der Waals surface area contributed by atoms with Gasteiger partial charge < -0.3 is 9.88 Å². The van der Waals surface area contributed by atoms with E-state index in [1.54, 1.807) is 0 Å². The van der Waals surface area contributed by atoms with E-state index in [1.165, 1.54) is 18.2 Å². The summed E-state index contributed by atoms with van der Waals surface area (Å²) in [6.45, 7) is 1.15. The summed E-state index contributed by atoms with van der Waals surface area (Å²) in [5.74, 6) is -1.01. The van der Waals surface area contributed by atoms with Gasteiger partial charge in [-0.05, 0) is 24.3 Å². The molecule has 0 saturated carbocycles. The number of halogens is 1. The summed E-state index contributed by atoms with van der Waals surface area (Å²) >= 11 is 0. The second-order valence-electron chi connectivity index (χ2n) is 3.52. The summed E-state index contributed by atoms with van der Waals surface area (Å²) in [7, 11) is 0. The van der Waals surface area contributed by atoms with Crippen molar-refractivity contribution in [3.05, 3.63) is 54.4 Å². The Morgan fingerprint density at radius 1 is 1.29 bits per heavy atom. The van der Waals surface area contributed by atoms with Crippen molar-refractivity contribution in [3.63, 3.8) is 0 Å². The van der Waals surface area contributed by atoms with E-state index in [2.05, 4.69) is 10.3 Å². The molecule has 0 aliphatic carbocycles. The monoisotopic (exact) mass is 233 g/mol. The molecule has 2 aromatic rings. The number of nitrogens with one attached hydrogen (secondary N) is 1. The Hall–Kier alpha value is -2.17. The van der Waals surface area contributed by atoms with Crippen LogP contribution in [0, 0.1) is 5.95 Å². The lowest BCUT2D eigenvalue weighted by molar-refractivity contribution is 0.0946. The Morgan fingerprint density at radius 3 is 2.76 bits per heavy atom. The van der Waals surface area contributed by atoms with Crippen LogP contribution in [0.3, 0.4) is 0 Å². The van der Waals surface area contributed by atoms with Crippen LogP contribution in [-0.2, 0) is 6.54 Å². The van der Waals surface area contributed by atoms with Crippen LogP contribution in [0.1, 0.15) is 10.5 Å². The van der Waals surface area contributed by atoms with Gasteiger partial charge in [-0.3, -0.25) is 4.79 Å². The van der Waals surface area contributed by atoms with E-state index in [4.69, 9.17) is 0 Å². The van der Waals surface area contributed by atoms with Crippen LogP contribution < -0.4 is 5.32 Å². The first kappa shape index (κ1) is 11.3. The van der Waals surface area contributed by atoms with Gasteiger partial charge in [-0.25, -0.2) is 4.98 Å². The maximum atomic E-state index is 12.8. The number of carbonyl (C=O) groups excluding carboxylic acids is 1. The molecule has 0 spiro atoms. The smallest absolute Gasteiger partial charge is 0.270 e. The number of aromatic nitrogens is 2. The maximum absolute atomic E-state index is 12.8. The zero-order valence-corrected chi connectivity index (χ0v) is 9.14. The molecule has 17 heavy (non-hydrogen) atoms. The van der Waals surface area contributed by atoms with Crippen LogP contribution in [-0.4, -0.2) is 22.0 Å². The molecule has 0 fully saturated rings. The lowest BCUT2D eigenvalue weighted by Crippen LogP contribution is -2.27. The number of carbonyl (C=O) groups is 1. The van der Waals surface area contributed by atoms with E-state index < -0.39 is 5.95 Å². The topological polar surface area (TPSA) is 46.9 Å². The fourth-order valence-electron chi connectivity index (χ4n) is 1.44. The van der Waals surface area contributed by atoms with Crippen LogP contribution in [0.2, 0.25) is 0 Å². The van der Waals surface area contributed by atoms with Gasteiger partial charge in [0.1, 0.15) is 5.69 Å². The van der Waals surface area contributed by atoms with Crippen LogP contribution in [0.5, 0.6) is 0 Å². The van der Waals surface area contributed by atoms with Crippen molar-refractivity contribution in [3.8, 4) is 0 Å². The van der Waals surface area contributed by atoms with Gasteiger partial charge in [-0.15, -0.1) is 0 Å². The van der Waals surface area contributed by atoms with Gasteiger partial charge >= 0.3 is 0 Å². The minimum Gasteiger partial charge on any atom is -0.353 e. The van der Waals surface area contributed by atoms with Crippen LogP contribution in [0.15, 0.2) is 42.7 Å². The van der Waals surface area contributed by atoms with Crippen LogP contribution in [0.25, 0.3) is 0 Å². The van der Waals surface area contributed by atoms with E-state index in [9.17, 15) is 9.18 Å². The number of pyridine rings is 1. The molecule has 0 bridgehead atoms. The number of hydrogen-bond donors (Lipinski definition) is 1. The minimum absolute atomic E-state index is 0.0949. The number of nitrogens with zero attached hydrogens (tertiary/aromatic N) is 2. The lowest BCUT2D eigenvalue weighted by atomic mass is 10.3. The largest absolute Gasteiger partial charge is 0.353 e. The maximum Gasteiger partial charge on any atom is 0.270 e. The second kappa shape index (κ2) is 5.25. The lowest BCUT2D eigenvalue weighted by Gasteiger charge is -2.05. The molecule has 0 unspecified atom stereocenters. The standard InChI is InChI=1S/C12H12FN3O/c13-11-5-3-4-10(15-11)12(17)14-6-9-16-7-1-2-8-16/h1-5,7-8H,6,9H2,(H,14,17). The van der Waals surface area contributed by atoms with E-state index in [1.807, 2.05) is 29.1 Å². The Labute approximate surface area is 98.1 Å². The zero-order chi connectivity index (χ0) is 12.1. The van der Waals surface area contributed by atoms with E-state index in [-0.39, 0.29) is 11.6 Å². The number of rotatable bonds is 4. The van der Waals surface area contributed by atoms with Gasteiger partial charge in [0.2, 0.25) is 5.95 Å². The number of amides is 1. The van der Waals surface area contributed by atoms with Crippen LogP contribution in [0.4, 0.5) is 4.39 Å². The summed E-state index contributed by atoms with van der Waals surface area (Å²) in [6.07, 6.45) is 3.82. The van der Waals surface area contributed by atoms with E-state index in [0.717, 1.165) is 0 Å². The Balaban J connectivity index is 1.85. The van der Waals surface area contributed by atoms with Crippen molar-refractivity contribution in [1.29, 1.82) is 0 Å². The minimum atomic E-state index is -0.650. The molecule has 0 atom stereocenters. The molecular formula is C12H12FN3O. The molecule has 0 radical (unpaired) electrons. The third-order valence-electron chi connectivity index (χ3n) is 2.27. The first-order chi connectivity index (χ1) is 8.25. The average molecular weight is 233 g/mol. The summed E-state index contributed by atoms with van der Waals surface area (Å²) in [5, 5.41) is 2.68. The third kappa shape index (κ3) is 3.14. The highest BCUT2D eigenvalue weighted by Crippen LogP contribution is 1.97. The predicted octanol–water partition coefficient (Wildman–Crippen LogP) is 1.45. The average Bonchev–Trinajstić information content (AvgIpc) is 2.82. The third-order valence-corrected chi connectivity index (χ3v) is 2.27. The molecule has 1 amide bonds. The van der Waals surface area contributed by atoms with Gasteiger partial charge in [-0.2, -0.15) is 4.39 Å². The summed E-state index contributed by atoms with van der Waals surface area (Å²) in [4.78, 5) is 15.1. The predicted molar refractivity (Wildman–Crippen MR) is 61.0 cm³/mol. The molecule has 1 N–H and O–H groups in total. The van der Waals surface area contributed by atoms with Crippen molar-refractivity contribution >= 4 is 5.91 Å². The first-order valence-corrected chi connectivity index (χ1v) is 5.27. The second-order valence-corrected chi connectivity index (χ2v) is 3.52. The molecule has 88 valence electrons. The normalized spacial score (nSPS) is 10.2. The highest BCUT2D eigenvalue weighted by atomic mass is 19.1. The van der Waals surface area contributed by atoms with Crippen molar-refractivity contribution in [2.45, 2.75) is 6.54 Å². The Bertz CT molecular complexity index is 496. The fourth-order valence-corrected chi connectivity index (χ4v) is 1.44. The molecule has 2 heterocycles. The molecule has 0 saturated heterocycles. The molecular weight excluding hydrogens is 221 g/mol. The van der Waals surface area contributed by atoms with Gasteiger partial charge in [0.15, 0.2) is 0 Å². The van der Waals surface area contributed by atoms with Crippen molar-refractivity contribution in [2.75, 3.05) is 6.54 Å². The van der Waals surface area contributed by atoms with Crippen molar-refractivity contribution in [1.82, 2.24) is 14.9 Å².